The van der Waals surface area contributed by atoms with Crippen molar-refractivity contribution < 1.29 is 0 Å². The van der Waals surface area contributed by atoms with Crippen LogP contribution >= 0.6 is 0 Å². The van der Waals surface area contributed by atoms with Gasteiger partial charge in [0.1, 0.15) is 0 Å². The molecule has 0 radical (unpaired) electrons. The Labute approximate surface area is 108 Å². The predicted octanol–water partition coefficient (Wildman–Crippen LogP) is 3.42. The maximum Gasteiger partial charge on any atom is 0.00697 e. The van der Waals surface area contributed by atoms with Gasteiger partial charge in [-0.1, -0.05) is 19.8 Å². The van der Waals surface area contributed by atoms with Crippen LogP contribution < -0.4 is 5.32 Å². The highest BCUT2D eigenvalue weighted by atomic mass is 15.2. The van der Waals surface area contributed by atoms with E-state index < -0.39 is 0 Å². The van der Waals surface area contributed by atoms with Gasteiger partial charge in [-0.05, 0) is 59.5 Å². The number of hydrogen-bond donors (Lipinski definition) is 1. The Kier molecular flexibility index (Phi) is 7.14. The van der Waals surface area contributed by atoms with Crippen LogP contribution in [0.25, 0.3) is 0 Å². The standard InChI is InChI=1S/C15H32N2/c1-5-16-13(2)9-6-7-12-17-14(3)10-8-11-15(17)4/h13-16H,5-12H2,1-4H3/t13?,14-,15+. The van der Waals surface area contributed by atoms with Gasteiger partial charge >= 0.3 is 0 Å². The Morgan fingerprint density at radius 2 is 1.82 bits per heavy atom. The van der Waals surface area contributed by atoms with E-state index in [0.717, 1.165) is 18.6 Å². The molecule has 0 aliphatic carbocycles. The number of unbranched alkanes of at least 4 members (excludes halogenated alkanes) is 1. The lowest BCUT2D eigenvalue weighted by Gasteiger charge is -2.39. The second-order valence-corrected chi connectivity index (χ2v) is 5.82. The number of hydrogen-bond acceptors (Lipinski definition) is 2. The molecule has 0 aromatic rings. The summed E-state index contributed by atoms with van der Waals surface area (Å²) < 4.78 is 0. The Bertz CT molecular complexity index is 183. The van der Waals surface area contributed by atoms with Gasteiger partial charge in [-0.2, -0.15) is 0 Å². The Morgan fingerprint density at radius 1 is 1.18 bits per heavy atom. The SMILES string of the molecule is CCNC(C)CCCCN1[C@H](C)CCC[C@@H]1C. The summed E-state index contributed by atoms with van der Waals surface area (Å²) in [5.41, 5.74) is 0. The molecule has 17 heavy (non-hydrogen) atoms. The van der Waals surface area contributed by atoms with E-state index in [2.05, 4.69) is 37.9 Å². The lowest BCUT2D eigenvalue weighted by Crippen LogP contribution is -2.44. The summed E-state index contributed by atoms with van der Waals surface area (Å²) in [6, 6.07) is 2.31. The summed E-state index contributed by atoms with van der Waals surface area (Å²) in [7, 11) is 0. The van der Waals surface area contributed by atoms with E-state index in [1.54, 1.807) is 0 Å². The summed E-state index contributed by atoms with van der Waals surface area (Å²) in [5.74, 6) is 0. The zero-order valence-electron chi connectivity index (χ0n) is 12.3. The Morgan fingerprint density at radius 3 is 2.41 bits per heavy atom. The summed E-state index contributed by atoms with van der Waals surface area (Å²) in [6.45, 7) is 11.7. The van der Waals surface area contributed by atoms with Crippen molar-refractivity contribution in [2.45, 2.75) is 84.3 Å². The van der Waals surface area contributed by atoms with Crippen LogP contribution in [0.15, 0.2) is 0 Å². The zero-order valence-corrected chi connectivity index (χ0v) is 12.3. The molecule has 1 heterocycles. The van der Waals surface area contributed by atoms with Crippen LogP contribution in [0.3, 0.4) is 0 Å². The first-order valence-corrected chi connectivity index (χ1v) is 7.64. The van der Waals surface area contributed by atoms with Crippen molar-refractivity contribution in [2.75, 3.05) is 13.1 Å². The molecule has 0 bridgehead atoms. The minimum absolute atomic E-state index is 0.691. The van der Waals surface area contributed by atoms with Crippen LogP contribution in [0.1, 0.15) is 66.2 Å². The van der Waals surface area contributed by atoms with E-state index in [1.807, 2.05) is 0 Å². The van der Waals surface area contributed by atoms with Crippen molar-refractivity contribution in [2.24, 2.45) is 0 Å². The third kappa shape index (κ3) is 5.39. The van der Waals surface area contributed by atoms with Crippen molar-refractivity contribution in [3.8, 4) is 0 Å². The normalized spacial score (nSPS) is 28.2. The fourth-order valence-corrected chi connectivity index (χ4v) is 3.11. The largest absolute Gasteiger partial charge is 0.315 e. The van der Waals surface area contributed by atoms with Crippen LogP contribution in [0.2, 0.25) is 0 Å². The van der Waals surface area contributed by atoms with Crippen LogP contribution in [0.5, 0.6) is 0 Å². The van der Waals surface area contributed by atoms with E-state index >= 15 is 0 Å². The minimum atomic E-state index is 0.691. The van der Waals surface area contributed by atoms with E-state index in [0.29, 0.717) is 6.04 Å². The van der Waals surface area contributed by atoms with Gasteiger partial charge in [0, 0.05) is 18.1 Å². The van der Waals surface area contributed by atoms with Crippen LogP contribution in [0, 0.1) is 0 Å². The maximum absolute atomic E-state index is 3.49. The molecule has 2 heteroatoms. The van der Waals surface area contributed by atoms with Gasteiger partial charge in [0.25, 0.3) is 0 Å². The van der Waals surface area contributed by atoms with Crippen molar-refractivity contribution in [1.82, 2.24) is 10.2 Å². The summed E-state index contributed by atoms with van der Waals surface area (Å²) in [4.78, 5) is 2.72. The quantitative estimate of drug-likeness (QED) is 0.686. The lowest BCUT2D eigenvalue weighted by atomic mass is 9.97. The molecule has 1 rings (SSSR count). The van der Waals surface area contributed by atoms with Gasteiger partial charge in [0.15, 0.2) is 0 Å². The first-order chi connectivity index (χ1) is 8.15. The smallest absolute Gasteiger partial charge is 0.00697 e. The van der Waals surface area contributed by atoms with E-state index in [4.69, 9.17) is 0 Å². The van der Waals surface area contributed by atoms with Crippen molar-refractivity contribution in [3.63, 3.8) is 0 Å². The first kappa shape index (κ1) is 15.0. The maximum atomic E-state index is 3.49. The molecule has 1 N–H and O–H groups in total. The first-order valence-electron chi connectivity index (χ1n) is 7.64. The second kappa shape index (κ2) is 8.10. The molecule has 1 aliphatic rings. The minimum Gasteiger partial charge on any atom is -0.315 e. The zero-order chi connectivity index (χ0) is 12.7. The summed E-state index contributed by atoms with van der Waals surface area (Å²) in [6.07, 6.45) is 8.28. The van der Waals surface area contributed by atoms with Crippen molar-refractivity contribution in [3.05, 3.63) is 0 Å². The number of nitrogens with zero attached hydrogens (tertiary/aromatic N) is 1. The third-order valence-corrected chi connectivity index (χ3v) is 4.23. The monoisotopic (exact) mass is 240 g/mol. The molecular weight excluding hydrogens is 208 g/mol. The highest BCUT2D eigenvalue weighted by Gasteiger charge is 2.23. The number of rotatable bonds is 7. The average molecular weight is 240 g/mol. The molecule has 0 aromatic heterocycles. The van der Waals surface area contributed by atoms with Gasteiger partial charge in [0.2, 0.25) is 0 Å². The topological polar surface area (TPSA) is 15.3 Å². The van der Waals surface area contributed by atoms with Gasteiger partial charge in [-0.15, -0.1) is 0 Å². The van der Waals surface area contributed by atoms with E-state index in [9.17, 15) is 0 Å². The molecule has 1 unspecified atom stereocenters. The molecule has 102 valence electrons. The highest BCUT2D eigenvalue weighted by molar-refractivity contribution is 4.79. The van der Waals surface area contributed by atoms with E-state index in [1.165, 1.54) is 45.1 Å². The summed E-state index contributed by atoms with van der Waals surface area (Å²) >= 11 is 0. The molecule has 3 atom stereocenters. The average Bonchev–Trinajstić information content (AvgIpc) is 2.28. The molecule has 0 aromatic carbocycles. The van der Waals surface area contributed by atoms with Crippen molar-refractivity contribution >= 4 is 0 Å². The number of piperidine rings is 1. The number of nitrogens with one attached hydrogen (secondary N) is 1. The van der Waals surface area contributed by atoms with Gasteiger partial charge in [-0.3, -0.25) is 4.90 Å². The fraction of sp³-hybridized carbons (Fsp3) is 1.00. The Hall–Kier alpha value is -0.0800. The van der Waals surface area contributed by atoms with Crippen molar-refractivity contribution in [1.29, 1.82) is 0 Å². The highest BCUT2D eigenvalue weighted by Crippen LogP contribution is 2.22. The molecule has 1 fully saturated rings. The molecule has 2 nitrogen and oxygen atoms in total. The van der Waals surface area contributed by atoms with Gasteiger partial charge in [-0.25, -0.2) is 0 Å². The lowest BCUT2D eigenvalue weighted by molar-refractivity contribution is 0.101. The van der Waals surface area contributed by atoms with Gasteiger partial charge < -0.3 is 5.32 Å². The molecule has 1 saturated heterocycles. The second-order valence-electron chi connectivity index (χ2n) is 5.82. The van der Waals surface area contributed by atoms with Crippen LogP contribution in [0.4, 0.5) is 0 Å². The third-order valence-electron chi connectivity index (χ3n) is 4.23. The molecule has 1 aliphatic heterocycles. The molecule has 0 saturated carbocycles. The fourth-order valence-electron chi connectivity index (χ4n) is 3.11. The Balaban J connectivity index is 2.12. The van der Waals surface area contributed by atoms with Gasteiger partial charge in [0.05, 0.1) is 0 Å². The van der Waals surface area contributed by atoms with E-state index in [-0.39, 0.29) is 0 Å². The molecule has 0 amide bonds. The van der Waals surface area contributed by atoms with Crippen LogP contribution in [-0.2, 0) is 0 Å². The predicted molar refractivity (Wildman–Crippen MR) is 76.5 cm³/mol. The van der Waals surface area contributed by atoms with Crippen LogP contribution in [-0.4, -0.2) is 36.1 Å². The number of likely N-dealkylation sites (tertiary alicyclic amines) is 1. The molecular formula is C15H32N2. The summed E-state index contributed by atoms with van der Waals surface area (Å²) in [5, 5.41) is 3.49. The molecule has 0 spiro atoms.